The van der Waals surface area contributed by atoms with Gasteiger partial charge in [0.05, 0.1) is 6.61 Å². The fourth-order valence-electron chi connectivity index (χ4n) is 3.92. The number of ether oxygens (including phenoxy) is 1. The second-order valence-corrected chi connectivity index (χ2v) is 7.94. The monoisotopic (exact) mass is 448 g/mol. The van der Waals surface area contributed by atoms with Crippen molar-refractivity contribution in [2.45, 2.75) is 53.1 Å². The molecular weight excluding hydrogens is 420 g/mol. The molecular formula is C25H28N4O4. The van der Waals surface area contributed by atoms with Crippen molar-refractivity contribution in [3.05, 3.63) is 81.0 Å². The second kappa shape index (κ2) is 9.87. The molecule has 0 amide bonds. The molecule has 2 aromatic heterocycles. The van der Waals surface area contributed by atoms with Gasteiger partial charge in [0.15, 0.2) is 11.2 Å². The van der Waals surface area contributed by atoms with Crippen molar-refractivity contribution in [2.75, 3.05) is 0 Å². The molecule has 172 valence electrons. The summed E-state index contributed by atoms with van der Waals surface area (Å²) in [6, 6.07) is 16.4. The van der Waals surface area contributed by atoms with Crippen LogP contribution in [-0.4, -0.2) is 23.8 Å². The van der Waals surface area contributed by atoms with Gasteiger partial charge < -0.3 is 9.84 Å². The van der Waals surface area contributed by atoms with E-state index in [0.29, 0.717) is 48.7 Å². The van der Waals surface area contributed by atoms with Crippen LogP contribution in [0.3, 0.4) is 0 Å². The third-order valence-corrected chi connectivity index (χ3v) is 5.47. The molecule has 0 aliphatic carbocycles. The highest BCUT2D eigenvalue weighted by atomic mass is 16.5. The number of hydrogen-bond donors (Lipinski definition) is 1. The molecule has 8 heteroatoms. The average Bonchev–Trinajstić information content (AvgIpc) is 3.20. The summed E-state index contributed by atoms with van der Waals surface area (Å²) < 4.78 is 10.6. The van der Waals surface area contributed by atoms with E-state index in [0.717, 1.165) is 12.0 Å². The van der Waals surface area contributed by atoms with Crippen LogP contribution in [0, 0.1) is 0 Å². The van der Waals surface area contributed by atoms with Gasteiger partial charge in [-0.1, -0.05) is 44.2 Å². The second-order valence-electron chi connectivity index (χ2n) is 7.94. The first kappa shape index (κ1) is 22.5. The molecule has 0 saturated carbocycles. The van der Waals surface area contributed by atoms with Crippen molar-refractivity contribution in [3.8, 4) is 17.1 Å². The minimum atomic E-state index is -0.370. The Morgan fingerprint density at radius 3 is 2.21 bits per heavy atom. The topological polar surface area (TPSA) is 91.3 Å². The molecule has 0 radical (unpaired) electrons. The Bertz CT molecular complexity index is 1350. The molecule has 0 bridgehead atoms. The zero-order valence-corrected chi connectivity index (χ0v) is 18.9. The van der Waals surface area contributed by atoms with Crippen molar-refractivity contribution in [1.82, 2.24) is 18.7 Å². The number of fused-ring (bicyclic) bond motifs is 1. The Morgan fingerprint density at radius 2 is 1.55 bits per heavy atom. The van der Waals surface area contributed by atoms with Gasteiger partial charge in [-0.15, -0.1) is 0 Å². The predicted molar refractivity (Wildman–Crippen MR) is 127 cm³/mol. The van der Waals surface area contributed by atoms with Gasteiger partial charge in [-0.05, 0) is 42.7 Å². The third kappa shape index (κ3) is 4.47. The molecule has 2 aromatic carbocycles. The van der Waals surface area contributed by atoms with Gasteiger partial charge >= 0.3 is 5.69 Å². The minimum absolute atomic E-state index is 0.0906. The predicted octanol–water partition coefficient (Wildman–Crippen LogP) is 3.73. The van der Waals surface area contributed by atoms with Gasteiger partial charge in [-0.3, -0.25) is 18.5 Å². The van der Waals surface area contributed by atoms with Crippen LogP contribution in [0.15, 0.2) is 64.2 Å². The van der Waals surface area contributed by atoms with Crippen molar-refractivity contribution < 1.29 is 9.84 Å². The normalized spacial score (nSPS) is 11.3. The van der Waals surface area contributed by atoms with Gasteiger partial charge in [0.25, 0.3) is 5.56 Å². The first-order chi connectivity index (χ1) is 16.0. The zero-order valence-electron chi connectivity index (χ0n) is 18.9. The van der Waals surface area contributed by atoms with Crippen molar-refractivity contribution >= 4 is 11.2 Å². The summed E-state index contributed by atoms with van der Waals surface area (Å²) in [5, 5.41) is 9.72. The standard InChI is InChI=1S/C25H28N4O4/c1-3-14-27-23-21(24(31)28(15-4-2)25(27)32)29(17-33-16-18-8-6-5-7-9-18)22(26-23)19-10-12-20(30)13-11-19/h5-13,30H,3-4,14-17H2,1-2H3. The Labute approximate surface area is 191 Å². The highest BCUT2D eigenvalue weighted by Gasteiger charge is 2.22. The molecule has 0 spiro atoms. The van der Waals surface area contributed by atoms with Crippen LogP contribution < -0.4 is 11.2 Å². The summed E-state index contributed by atoms with van der Waals surface area (Å²) in [4.78, 5) is 31.3. The Balaban J connectivity index is 1.90. The Kier molecular flexibility index (Phi) is 6.74. The van der Waals surface area contributed by atoms with Gasteiger partial charge in [0.2, 0.25) is 0 Å². The van der Waals surface area contributed by atoms with Crippen LogP contribution in [0.2, 0.25) is 0 Å². The maximum absolute atomic E-state index is 13.4. The van der Waals surface area contributed by atoms with Crippen molar-refractivity contribution in [1.29, 1.82) is 0 Å². The first-order valence-electron chi connectivity index (χ1n) is 11.2. The summed E-state index contributed by atoms with van der Waals surface area (Å²) in [7, 11) is 0. The molecule has 2 heterocycles. The Morgan fingerprint density at radius 1 is 0.879 bits per heavy atom. The van der Waals surface area contributed by atoms with Crippen LogP contribution in [0.1, 0.15) is 32.3 Å². The lowest BCUT2D eigenvalue weighted by atomic mass is 10.2. The van der Waals surface area contributed by atoms with E-state index in [1.807, 2.05) is 44.2 Å². The molecule has 0 saturated heterocycles. The van der Waals surface area contributed by atoms with Crippen LogP contribution in [0.25, 0.3) is 22.6 Å². The Hall–Kier alpha value is -3.65. The van der Waals surface area contributed by atoms with E-state index in [4.69, 9.17) is 9.72 Å². The smallest absolute Gasteiger partial charge is 0.332 e. The number of hydrogen-bond acceptors (Lipinski definition) is 5. The summed E-state index contributed by atoms with van der Waals surface area (Å²) in [5.41, 5.74) is 1.70. The fraction of sp³-hybridized carbons (Fsp3) is 0.320. The number of phenols is 1. The summed E-state index contributed by atoms with van der Waals surface area (Å²) in [6.45, 7) is 5.16. The maximum atomic E-state index is 13.4. The van der Waals surface area contributed by atoms with Crippen molar-refractivity contribution in [3.63, 3.8) is 0 Å². The molecule has 4 rings (SSSR count). The van der Waals surface area contributed by atoms with E-state index in [1.54, 1.807) is 33.4 Å². The molecule has 0 atom stereocenters. The summed E-state index contributed by atoms with van der Waals surface area (Å²) in [6.07, 6.45) is 1.39. The lowest BCUT2D eigenvalue weighted by Crippen LogP contribution is -2.40. The zero-order chi connectivity index (χ0) is 23.4. The van der Waals surface area contributed by atoms with E-state index >= 15 is 0 Å². The maximum Gasteiger partial charge on any atom is 0.332 e. The van der Waals surface area contributed by atoms with Gasteiger partial charge in [-0.2, -0.15) is 0 Å². The lowest BCUT2D eigenvalue weighted by Gasteiger charge is -2.12. The van der Waals surface area contributed by atoms with Crippen molar-refractivity contribution in [2.24, 2.45) is 0 Å². The van der Waals surface area contributed by atoms with Gasteiger partial charge in [-0.25, -0.2) is 9.78 Å². The van der Waals surface area contributed by atoms with Gasteiger partial charge in [0.1, 0.15) is 18.3 Å². The third-order valence-electron chi connectivity index (χ3n) is 5.47. The molecule has 1 N–H and O–H groups in total. The van der Waals surface area contributed by atoms with E-state index in [9.17, 15) is 14.7 Å². The van der Waals surface area contributed by atoms with Crippen LogP contribution in [0.5, 0.6) is 5.75 Å². The fourth-order valence-corrected chi connectivity index (χ4v) is 3.92. The van der Waals surface area contributed by atoms with E-state index < -0.39 is 0 Å². The van der Waals surface area contributed by atoms with E-state index in [-0.39, 0.29) is 23.7 Å². The molecule has 33 heavy (non-hydrogen) atoms. The van der Waals surface area contributed by atoms with Crippen LogP contribution in [-0.2, 0) is 31.2 Å². The quantitative estimate of drug-likeness (QED) is 0.421. The number of aryl methyl sites for hydroxylation is 1. The van der Waals surface area contributed by atoms with Crippen LogP contribution in [0.4, 0.5) is 0 Å². The number of phenolic OH excluding ortho intramolecular Hbond substituents is 1. The molecule has 4 aromatic rings. The number of aromatic hydroxyl groups is 1. The molecule has 0 unspecified atom stereocenters. The minimum Gasteiger partial charge on any atom is -0.508 e. The summed E-state index contributed by atoms with van der Waals surface area (Å²) in [5.74, 6) is 0.642. The SMILES string of the molecule is CCCn1c(=O)c2c(nc(-c3ccc(O)cc3)n2COCc2ccccc2)n(CCC)c1=O. The number of rotatable bonds is 9. The molecule has 0 aliphatic heterocycles. The van der Waals surface area contributed by atoms with Crippen LogP contribution >= 0.6 is 0 Å². The average molecular weight is 449 g/mol. The lowest BCUT2D eigenvalue weighted by molar-refractivity contribution is 0.0673. The highest BCUT2D eigenvalue weighted by molar-refractivity contribution is 5.77. The summed E-state index contributed by atoms with van der Waals surface area (Å²) >= 11 is 0. The number of imidazole rings is 1. The first-order valence-corrected chi connectivity index (χ1v) is 11.2. The number of aromatic nitrogens is 4. The molecule has 0 fully saturated rings. The number of benzene rings is 2. The van der Waals surface area contributed by atoms with Gasteiger partial charge in [0, 0.05) is 18.7 Å². The number of nitrogens with zero attached hydrogens (tertiary/aromatic N) is 4. The van der Waals surface area contributed by atoms with E-state index in [1.165, 1.54) is 4.57 Å². The molecule has 0 aliphatic rings. The molecule has 8 nitrogen and oxygen atoms in total. The largest absolute Gasteiger partial charge is 0.508 e. The highest BCUT2D eigenvalue weighted by Crippen LogP contribution is 2.25. The van der Waals surface area contributed by atoms with E-state index in [2.05, 4.69) is 0 Å².